The van der Waals surface area contributed by atoms with Crippen LogP contribution < -0.4 is 5.32 Å². The summed E-state index contributed by atoms with van der Waals surface area (Å²) in [4.78, 5) is 12.0. The van der Waals surface area contributed by atoms with Crippen molar-refractivity contribution in [2.24, 2.45) is 0 Å². The van der Waals surface area contributed by atoms with Crippen molar-refractivity contribution < 1.29 is 23.1 Å². The van der Waals surface area contributed by atoms with Crippen LogP contribution in [0.2, 0.25) is 10.0 Å². The Labute approximate surface area is 146 Å². The van der Waals surface area contributed by atoms with E-state index in [-0.39, 0.29) is 21.2 Å². The highest BCUT2D eigenvalue weighted by atomic mass is 35.5. The molecule has 1 unspecified atom stereocenters. The summed E-state index contributed by atoms with van der Waals surface area (Å²) in [6.45, 7) is -1.04. The van der Waals surface area contributed by atoms with E-state index in [1.54, 1.807) is 0 Å². The van der Waals surface area contributed by atoms with E-state index in [9.17, 15) is 23.1 Å². The Morgan fingerprint density at radius 2 is 1.67 bits per heavy atom. The summed E-state index contributed by atoms with van der Waals surface area (Å²) in [6, 6.07) is 10.4. The molecule has 0 aliphatic rings. The Bertz CT molecular complexity index is 738. The summed E-state index contributed by atoms with van der Waals surface area (Å²) in [7, 11) is 0. The standard InChI is InChI=1S/C16H12Cl2F3NO2/c17-12-7-6-10(8-13(12)18)14(23)22-9-15(24,16(19,20)21)11-4-2-1-3-5-11/h1-8,24H,9H2,(H,22,23). The van der Waals surface area contributed by atoms with Crippen LogP contribution in [0.25, 0.3) is 0 Å². The second-order valence-corrected chi connectivity index (χ2v) is 5.85. The topological polar surface area (TPSA) is 49.3 Å². The molecule has 0 heterocycles. The Hall–Kier alpha value is -1.76. The highest BCUT2D eigenvalue weighted by Gasteiger charge is 2.55. The first-order valence-corrected chi connectivity index (χ1v) is 7.48. The predicted molar refractivity (Wildman–Crippen MR) is 85.2 cm³/mol. The normalized spacial score (nSPS) is 14.1. The van der Waals surface area contributed by atoms with Gasteiger partial charge >= 0.3 is 6.18 Å². The van der Waals surface area contributed by atoms with Gasteiger partial charge in [0.25, 0.3) is 5.91 Å². The van der Waals surface area contributed by atoms with Crippen molar-refractivity contribution in [3.8, 4) is 0 Å². The number of carbonyl (C=O) groups is 1. The van der Waals surface area contributed by atoms with E-state index < -0.39 is 24.2 Å². The fourth-order valence-electron chi connectivity index (χ4n) is 2.03. The first kappa shape index (κ1) is 18.6. The predicted octanol–water partition coefficient (Wildman–Crippen LogP) is 4.17. The van der Waals surface area contributed by atoms with Gasteiger partial charge in [-0.25, -0.2) is 0 Å². The summed E-state index contributed by atoms with van der Waals surface area (Å²) in [6.07, 6.45) is -4.97. The Morgan fingerprint density at radius 3 is 2.21 bits per heavy atom. The number of carbonyl (C=O) groups excluding carboxylic acids is 1. The molecular weight excluding hydrogens is 366 g/mol. The molecule has 2 N–H and O–H groups in total. The third-order valence-corrected chi connectivity index (χ3v) is 4.15. The van der Waals surface area contributed by atoms with E-state index in [1.165, 1.54) is 36.4 Å². The molecule has 3 nitrogen and oxygen atoms in total. The number of halogens is 5. The average molecular weight is 378 g/mol. The minimum absolute atomic E-state index is 0.0296. The zero-order chi connectivity index (χ0) is 18.0. The van der Waals surface area contributed by atoms with Gasteiger partial charge in [0, 0.05) is 5.56 Å². The lowest BCUT2D eigenvalue weighted by atomic mass is 9.93. The Morgan fingerprint density at radius 1 is 1.04 bits per heavy atom. The number of alkyl halides is 3. The fraction of sp³-hybridized carbons (Fsp3) is 0.188. The van der Waals surface area contributed by atoms with Gasteiger partial charge in [0.05, 0.1) is 16.6 Å². The molecule has 0 radical (unpaired) electrons. The molecule has 0 aliphatic carbocycles. The van der Waals surface area contributed by atoms with Gasteiger partial charge < -0.3 is 10.4 Å². The van der Waals surface area contributed by atoms with Crippen molar-refractivity contribution in [3.63, 3.8) is 0 Å². The molecular formula is C16H12Cl2F3NO2. The van der Waals surface area contributed by atoms with Crippen molar-refractivity contribution in [1.82, 2.24) is 5.32 Å². The third-order valence-electron chi connectivity index (χ3n) is 3.41. The number of hydrogen-bond acceptors (Lipinski definition) is 2. The van der Waals surface area contributed by atoms with Crippen LogP contribution in [0.5, 0.6) is 0 Å². The van der Waals surface area contributed by atoms with Gasteiger partial charge in [0.1, 0.15) is 0 Å². The van der Waals surface area contributed by atoms with E-state index in [2.05, 4.69) is 5.32 Å². The maximum absolute atomic E-state index is 13.3. The smallest absolute Gasteiger partial charge is 0.375 e. The molecule has 1 atom stereocenters. The molecule has 0 aromatic heterocycles. The minimum atomic E-state index is -4.97. The minimum Gasteiger partial charge on any atom is -0.375 e. The molecule has 24 heavy (non-hydrogen) atoms. The molecule has 0 aliphatic heterocycles. The molecule has 128 valence electrons. The SMILES string of the molecule is O=C(NCC(O)(c1ccccc1)C(F)(F)F)c1ccc(Cl)c(Cl)c1. The van der Waals surface area contributed by atoms with Crippen LogP contribution in [0, 0.1) is 0 Å². The van der Waals surface area contributed by atoms with Crippen LogP contribution in [0.15, 0.2) is 48.5 Å². The summed E-state index contributed by atoms with van der Waals surface area (Å²) < 4.78 is 40.0. The molecule has 8 heteroatoms. The number of aliphatic hydroxyl groups is 1. The largest absolute Gasteiger partial charge is 0.423 e. The molecule has 0 saturated heterocycles. The van der Waals surface area contributed by atoms with Crippen molar-refractivity contribution in [3.05, 3.63) is 69.7 Å². The van der Waals surface area contributed by atoms with Gasteiger partial charge in [-0.05, 0) is 23.8 Å². The van der Waals surface area contributed by atoms with Gasteiger partial charge in [0.15, 0.2) is 0 Å². The van der Waals surface area contributed by atoms with Gasteiger partial charge in [-0.15, -0.1) is 0 Å². The molecule has 0 bridgehead atoms. The second-order valence-electron chi connectivity index (χ2n) is 5.04. The molecule has 1 amide bonds. The van der Waals surface area contributed by atoms with Crippen LogP contribution in [0.4, 0.5) is 13.2 Å². The van der Waals surface area contributed by atoms with E-state index in [0.717, 1.165) is 12.1 Å². The molecule has 0 fully saturated rings. The lowest BCUT2D eigenvalue weighted by molar-refractivity contribution is -0.263. The Kier molecular flexibility index (Phi) is 5.42. The van der Waals surface area contributed by atoms with Crippen LogP contribution in [0.1, 0.15) is 15.9 Å². The number of amides is 1. The van der Waals surface area contributed by atoms with Gasteiger partial charge in [-0.1, -0.05) is 53.5 Å². The average Bonchev–Trinajstić information content (AvgIpc) is 2.54. The van der Waals surface area contributed by atoms with Crippen molar-refractivity contribution >= 4 is 29.1 Å². The molecule has 0 saturated carbocycles. The molecule has 0 spiro atoms. The van der Waals surface area contributed by atoms with Crippen molar-refractivity contribution in [1.29, 1.82) is 0 Å². The summed E-state index contributed by atoms with van der Waals surface area (Å²) in [5, 5.41) is 12.5. The number of hydrogen-bond donors (Lipinski definition) is 2. The molecule has 2 aromatic carbocycles. The van der Waals surface area contributed by atoms with E-state index in [4.69, 9.17) is 23.2 Å². The van der Waals surface area contributed by atoms with Gasteiger partial charge in [-0.3, -0.25) is 4.79 Å². The van der Waals surface area contributed by atoms with Crippen LogP contribution in [-0.4, -0.2) is 23.7 Å². The van der Waals surface area contributed by atoms with Crippen LogP contribution in [-0.2, 0) is 5.60 Å². The number of rotatable bonds is 4. The maximum Gasteiger partial charge on any atom is 0.423 e. The van der Waals surface area contributed by atoms with E-state index >= 15 is 0 Å². The fourth-order valence-corrected chi connectivity index (χ4v) is 2.33. The van der Waals surface area contributed by atoms with Crippen molar-refractivity contribution in [2.45, 2.75) is 11.8 Å². The number of nitrogens with one attached hydrogen (secondary N) is 1. The van der Waals surface area contributed by atoms with Crippen molar-refractivity contribution in [2.75, 3.05) is 6.54 Å². The highest BCUT2D eigenvalue weighted by molar-refractivity contribution is 6.42. The van der Waals surface area contributed by atoms with Gasteiger partial charge in [0.2, 0.25) is 5.60 Å². The third kappa shape index (κ3) is 3.83. The summed E-state index contributed by atoms with van der Waals surface area (Å²) in [5.74, 6) is -0.813. The van der Waals surface area contributed by atoms with E-state index in [1.807, 2.05) is 0 Å². The first-order valence-electron chi connectivity index (χ1n) is 6.73. The Balaban J connectivity index is 2.22. The van der Waals surface area contributed by atoms with E-state index in [0.29, 0.717) is 0 Å². The first-order chi connectivity index (χ1) is 11.1. The zero-order valence-electron chi connectivity index (χ0n) is 12.1. The quantitative estimate of drug-likeness (QED) is 0.839. The van der Waals surface area contributed by atoms with Crippen LogP contribution in [0.3, 0.4) is 0 Å². The number of benzene rings is 2. The van der Waals surface area contributed by atoms with Crippen LogP contribution >= 0.6 is 23.2 Å². The summed E-state index contributed by atoms with van der Waals surface area (Å²) >= 11 is 11.5. The lowest BCUT2D eigenvalue weighted by Crippen LogP contribution is -2.51. The monoisotopic (exact) mass is 377 g/mol. The molecule has 2 rings (SSSR count). The second kappa shape index (κ2) is 7.01. The highest BCUT2D eigenvalue weighted by Crippen LogP contribution is 2.38. The molecule has 2 aromatic rings. The summed E-state index contributed by atoms with van der Waals surface area (Å²) in [5.41, 5.74) is -3.55. The maximum atomic E-state index is 13.3. The lowest BCUT2D eigenvalue weighted by Gasteiger charge is -2.31. The zero-order valence-corrected chi connectivity index (χ0v) is 13.6. The van der Waals surface area contributed by atoms with Gasteiger partial charge in [-0.2, -0.15) is 13.2 Å².